The minimum atomic E-state index is -2.71. The summed E-state index contributed by atoms with van der Waals surface area (Å²) in [5.41, 5.74) is 0.234. The van der Waals surface area contributed by atoms with Crippen molar-refractivity contribution in [3.05, 3.63) is 53.8 Å². The van der Waals surface area contributed by atoms with Gasteiger partial charge in [-0.1, -0.05) is 12.1 Å². The molecule has 0 saturated carbocycles. The van der Waals surface area contributed by atoms with Gasteiger partial charge in [0, 0.05) is 26.7 Å². The Labute approximate surface area is 151 Å². The van der Waals surface area contributed by atoms with E-state index in [1.807, 2.05) is 0 Å². The van der Waals surface area contributed by atoms with Crippen molar-refractivity contribution in [2.75, 3.05) is 26.3 Å². The molecule has 4 nitrogen and oxygen atoms in total. The third kappa shape index (κ3) is 3.17. The van der Waals surface area contributed by atoms with Crippen molar-refractivity contribution < 1.29 is 29.6 Å². The molecule has 126 valence electrons. The van der Waals surface area contributed by atoms with Gasteiger partial charge < -0.3 is 19.5 Å². The van der Waals surface area contributed by atoms with E-state index in [1.54, 1.807) is 0 Å². The van der Waals surface area contributed by atoms with Crippen LogP contribution in [0.2, 0.25) is 0 Å². The van der Waals surface area contributed by atoms with Crippen LogP contribution in [-0.4, -0.2) is 26.3 Å². The molecule has 0 aromatic heterocycles. The highest BCUT2D eigenvalue weighted by Gasteiger charge is 2.27. The zero-order valence-electron chi connectivity index (χ0n) is 20.5. The fourth-order valence-corrected chi connectivity index (χ4v) is 2.59. The molecule has 0 radical (unpaired) electrons. The molecular formula is C19H20FNO3. The van der Waals surface area contributed by atoms with Crippen molar-refractivity contribution in [1.29, 1.82) is 0 Å². The van der Waals surface area contributed by atoms with Crippen LogP contribution in [0.3, 0.4) is 0 Å². The molecule has 24 heavy (non-hydrogen) atoms. The van der Waals surface area contributed by atoms with E-state index in [4.69, 9.17) is 25.2 Å². The van der Waals surface area contributed by atoms with Crippen molar-refractivity contribution in [1.82, 2.24) is 5.32 Å². The number of piperidine rings is 1. The smallest absolute Gasteiger partial charge is 0.231 e. The van der Waals surface area contributed by atoms with Crippen LogP contribution in [0, 0.1) is 11.7 Å². The van der Waals surface area contributed by atoms with Gasteiger partial charge in [-0.25, -0.2) is 4.39 Å². The second-order valence-corrected chi connectivity index (χ2v) is 5.38. The highest BCUT2D eigenvalue weighted by Crippen LogP contribution is 2.36. The molecule has 5 heteroatoms. The van der Waals surface area contributed by atoms with Gasteiger partial charge in [-0.3, -0.25) is 0 Å². The molecule has 1 fully saturated rings. The van der Waals surface area contributed by atoms with Crippen molar-refractivity contribution in [3.8, 4) is 17.2 Å². The van der Waals surface area contributed by atoms with Crippen molar-refractivity contribution in [2.45, 2.75) is 12.3 Å². The maximum Gasteiger partial charge on any atom is 0.231 e. The molecule has 2 atom stereocenters. The van der Waals surface area contributed by atoms with Gasteiger partial charge in [0.05, 0.1) is 6.61 Å². The summed E-state index contributed by atoms with van der Waals surface area (Å²) in [6.07, 6.45) is -2.56. The number of hydrogen-bond acceptors (Lipinski definition) is 4. The average Bonchev–Trinajstić information content (AvgIpc) is 2.97. The lowest BCUT2D eigenvalue weighted by Crippen LogP contribution is -2.38. The number of fused-ring (bicyclic) bond motifs is 1. The molecule has 4 rings (SSSR count). The summed E-state index contributed by atoms with van der Waals surface area (Å²) in [6, 6.07) is 9.11. The Morgan fingerprint density at radius 2 is 2.00 bits per heavy atom. The molecule has 0 spiro atoms. The molecular weight excluding hydrogens is 309 g/mol. The molecule has 2 aromatic carbocycles. The molecule has 1 unspecified atom stereocenters. The van der Waals surface area contributed by atoms with Crippen LogP contribution < -0.4 is 19.5 Å². The first kappa shape index (κ1) is 8.72. The second kappa shape index (κ2) is 6.69. The standard InChI is InChI=1S/C19H20FNO3/c20-15-3-1-13(2-4-15)17-7-8-21-10-14(17)11-22-16-5-6-18-19(9-16)24-12-23-18/h1-6,9,14,17,21H,7-8,10-12H2/t14?,17-/m0/s1/i7D2,8D2,10D2,12D2. The van der Waals surface area contributed by atoms with E-state index in [0.717, 1.165) is 12.1 Å². The largest absolute Gasteiger partial charge is 0.493 e. The van der Waals surface area contributed by atoms with E-state index in [2.05, 4.69) is 5.32 Å². The van der Waals surface area contributed by atoms with Gasteiger partial charge in [-0.2, -0.15) is 0 Å². The van der Waals surface area contributed by atoms with Gasteiger partial charge in [-0.15, -0.1) is 0 Å². The minimum Gasteiger partial charge on any atom is -0.493 e. The average molecular weight is 337 g/mol. The molecule has 1 saturated heterocycles. The van der Waals surface area contributed by atoms with Crippen molar-refractivity contribution >= 4 is 0 Å². The molecule has 2 aromatic rings. The molecule has 0 amide bonds. The van der Waals surface area contributed by atoms with Gasteiger partial charge in [0.15, 0.2) is 11.5 Å². The van der Waals surface area contributed by atoms with E-state index < -0.39 is 43.8 Å². The molecule has 1 N–H and O–H groups in total. The number of hydrogen-bond donors (Lipinski definition) is 1. The van der Waals surface area contributed by atoms with Gasteiger partial charge in [0.1, 0.15) is 14.3 Å². The van der Waals surface area contributed by atoms with E-state index in [0.29, 0.717) is 0 Å². The van der Waals surface area contributed by atoms with Crippen LogP contribution in [0.25, 0.3) is 0 Å². The zero-order valence-corrected chi connectivity index (χ0v) is 12.5. The van der Waals surface area contributed by atoms with Gasteiger partial charge in [0.25, 0.3) is 0 Å². The fourth-order valence-electron chi connectivity index (χ4n) is 2.59. The number of ether oxygens (including phenoxy) is 3. The number of rotatable bonds is 4. The minimum absolute atomic E-state index is 0.0963. The van der Waals surface area contributed by atoms with Crippen LogP contribution in [-0.2, 0) is 0 Å². The Morgan fingerprint density at radius 3 is 2.88 bits per heavy atom. The lowest BCUT2D eigenvalue weighted by atomic mass is 9.81. The van der Waals surface area contributed by atoms with Crippen LogP contribution in [0.4, 0.5) is 4.39 Å². The van der Waals surface area contributed by atoms with E-state index in [1.165, 1.54) is 30.3 Å². The van der Waals surface area contributed by atoms with Crippen LogP contribution >= 0.6 is 0 Å². The highest BCUT2D eigenvalue weighted by atomic mass is 19.1. The van der Waals surface area contributed by atoms with Crippen molar-refractivity contribution in [2.24, 2.45) is 5.92 Å². The Morgan fingerprint density at radius 1 is 1.17 bits per heavy atom. The lowest BCUT2D eigenvalue weighted by Gasteiger charge is -2.32. The summed E-state index contributed by atoms with van der Waals surface area (Å²) in [4.78, 5) is 0. The van der Waals surface area contributed by atoms with E-state index in [9.17, 15) is 4.39 Å². The molecule has 2 aliphatic rings. The maximum absolute atomic E-state index is 13.5. The molecule has 2 heterocycles. The first-order valence-corrected chi connectivity index (χ1v) is 7.42. The van der Waals surface area contributed by atoms with Crippen LogP contribution in [0.5, 0.6) is 17.2 Å². The SMILES string of the molecule is [2H]C1([2H])Oc2ccc(OCC3[C@H](c4ccc(F)cc4)C([2H])([2H])C([2H])([2H])NC3([2H])[2H])cc2O1. The molecule has 0 aliphatic carbocycles. The summed E-state index contributed by atoms with van der Waals surface area (Å²) in [7, 11) is 0. The normalized spacial score (nSPS) is 35.7. The zero-order chi connectivity index (χ0) is 23.5. The predicted molar refractivity (Wildman–Crippen MR) is 88.2 cm³/mol. The van der Waals surface area contributed by atoms with Gasteiger partial charge >= 0.3 is 0 Å². The first-order chi connectivity index (χ1) is 14.7. The third-order valence-electron chi connectivity index (χ3n) is 3.83. The maximum atomic E-state index is 13.5. The van der Waals surface area contributed by atoms with Crippen LogP contribution in [0.1, 0.15) is 28.8 Å². The third-order valence-corrected chi connectivity index (χ3v) is 3.83. The number of benzene rings is 2. The summed E-state index contributed by atoms with van der Waals surface area (Å²) in [6.45, 7) is -7.76. The van der Waals surface area contributed by atoms with Crippen LogP contribution in [0.15, 0.2) is 42.5 Å². The first-order valence-electron chi connectivity index (χ1n) is 11.4. The Hall–Kier alpha value is -2.27. The molecule has 2 aliphatic heterocycles. The predicted octanol–water partition coefficient (Wildman–Crippen LogP) is 3.33. The van der Waals surface area contributed by atoms with Gasteiger partial charge in [0.2, 0.25) is 6.75 Å². The monoisotopic (exact) mass is 337 g/mol. The summed E-state index contributed by atoms with van der Waals surface area (Å²) in [5.74, 6) is -2.60. The summed E-state index contributed by atoms with van der Waals surface area (Å²) < 4.78 is 94.0. The highest BCUT2D eigenvalue weighted by molar-refractivity contribution is 5.46. The quantitative estimate of drug-likeness (QED) is 0.929. The lowest BCUT2D eigenvalue weighted by molar-refractivity contribution is 0.173. The van der Waals surface area contributed by atoms with Gasteiger partial charge in [-0.05, 0) is 48.6 Å². The second-order valence-electron chi connectivity index (χ2n) is 5.38. The Balaban J connectivity index is 1.65. The number of nitrogens with one attached hydrogen (secondary N) is 1. The van der Waals surface area contributed by atoms with E-state index >= 15 is 0 Å². The topological polar surface area (TPSA) is 39.7 Å². The summed E-state index contributed by atoms with van der Waals surface area (Å²) in [5, 5.41) is 2.12. The molecule has 0 bridgehead atoms. The van der Waals surface area contributed by atoms with E-state index in [-0.39, 0.29) is 29.4 Å². The Bertz CT molecular complexity index is 1020. The van der Waals surface area contributed by atoms with Crippen molar-refractivity contribution in [3.63, 3.8) is 0 Å². The summed E-state index contributed by atoms with van der Waals surface area (Å²) >= 11 is 0. The fraction of sp³-hybridized carbons (Fsp3) is 0.368. The number of halogens is 1. The Kier molecular flexibility index (Phi) is 2.43.